The number of carbonyl (C=O) groups excluding carboxylic acids is 7. The van der Waals surface area contributed by atoms with Crippen LogP contribution in [0.4, 0.5) is 0 Å². The number of imide groups is 1. The highest BCUT2D eigenvalue weighted by Gasteiger charge is 2.42. The molecule has 1 saturated heterocycles. The molecule has 3 rings (SSSR count). The second-order valence-corrected chi connectivity index (χ2v) is 18.5. The fourth-order valence-electron chi connectivity index (χ4n) is 9.32. The Hall–Kier alpha value is -4.39. The molecule has 0 aliphatic carbocycles. The minimum absolute atomic E-state index is 0.0200. The van der Waals surface area contributed by atoms with Gasteiger partial charge >= 0.3 is 0 Å². The van der Waals surface area contributed by atoms with Gasteiger partial charge in [-0.3, -0.25) is 38.5 Å². The molecule has 1 aromatic carbocycles. The van der Waals surface area contributed by atoms with E-state index in [1.807, 2.05) is 76.8 Å². The molecule has 0 spiro atoms. The second-order valence-electron chi connectivity index (χ2n) is 18.5. The smallest absolute Gasteiger partial charge is 0.253 e. The van der Waals surface area contributed by atoms with Crippen molar-refractivity contribution in [2.75, 3.05) is 40.8 Å². The van der Waals surface area contributed by atoms with E-state index in [9.17, 15) is 33.6 Å². The third-order valence-corrected chi connectivity index (χ3v) is 13.6. The van der Waals surface area contributed by atoms with Crippen LogP contribution in [0.25, 0.3) is 0 Å². The number of amides is 6. The molecule has 62 heavy (non-hydrogen) atoms. The number of hydrogen-bond acceptors (Lipinski definition) is 8. The summed E-state index contributed by atoms with van der Waals surface area (Å²) in [5, 5.41) is 3.09. The number of nitrogens with zero attached hydrogens (tertiary/aromatic N) is 4. The lowest BCUT2D eigenvalue weighted by atomic mass is 9.83. The summed E-state index contributed by atoms with van der Waals surface area (Å²) < 4.78 is 6.08. The lowest BCUT2D eigenvalue weighted by Crippen LogP contribution is -2.54. The maximum absolute atomic E-state index is 14.6. The van der Waals surface area contributed by atoms with E-state index in [2.05, 4.69) is 19.2 Å². The zero-order chi connectivity index (χ0) is 46.3. The van der Waals surface area contributed by atoms with Gasteiger partial charge < -0.3 is 24.8 Å². The second kappa shape index (κ2) is 25.0. The van der Waals surface area contributed by atoms with Gasteiger partial charge in [0.25, 0.3) is 11.8 Å². The molecule has 2 aliphatic rings. The molecular formula is C49H77N5O8. The number of carbonyl (C=O) groups is 7. The van der Waals surface area contributed by atoms with Gasteiger partial charge in [0.1, 0.15) is 0 Å². The molecule has 346 valence electrons. The molecule has 6 amide bonds. The van der Waals surface area contributed by atoms with Gasteiger partial charge in [0, 0.05) is 83.7 Å². The topological polar surface area (TPSA) is 154 Å². The fourth-order valence-corrected chi connectivity index (χ4v) is 9.32. The van der Waals surface area contributed by atoms with E-state index < -0.39 is 24.1 Å². The average molecular weight is 864 g/mol. The third-order valence-electron chi connectivity index (χ3n) is 13.6. The van der Waals surface area contributed by atoms with Crippen molar-refractivity contribution in [2.24, 2.45) is 35.5 Å². The van der Waals surface area contributed by atoms with E-state index in [1.165, 1.54) is 22.0 Å². The Morgan fingerprint density at radius 1 is 0.855 bits per heavy atom. The Labute approximate surface area is 371 Å². The number of unbranched alkanes of at least 4 members (excludes halogenated alkanes) is 2. The summed E-state index contributed by atoms with van der Waals surface area (Å²) in [6, 6.07) is 8.77. The largest absolute Gasteiger partial charge is 0.379 e. The van der Waals surface area contributed by atoms with Crippen LogP contribution in [-0.2, 0) is 44.7 Å². The Morgan fingerprint density at radius 2 is 1.50 bits per heavy atom. The molecule has 1 aromatic rings. The molecule has 0 saturated carbocycles. The maximum atomic E-state index is 14.6. The first kappa shape index (κ1) is 52.0. The summed E-state index contributed by atoms with van der Waals surface area (Å²) in [4.78, 5) is 99.5. The minimum Gasteiger partial charge on any atom is -0.379 e. The Morgan fingerprint density at radius 3 is 2.08 bits per heavy atom. The summed E-state index contributed by atoms with van der Waals surface area (Å²) in [5.41, 5.74) is 1.16. The van der Waals surface area contributed by atoms with E-state index in [-0.39, 0.29) is 96.1 Å². The highest BCUT2D eigenvalue weighted by Crippen LogP contribution is 2.32. The Bertz CT molecular complexity index is 1680. The number of hydrogen-bond donors (Lipinski definition) is 1. The molecule has 1 N–H and O–H groups in total. The molecule has 2 heterocycles. The molecular weight excluding hydrogens is 787 g/mol. The highest BCUT2D eigenvalue weighted by atomic mass is 16.5. The van der Waals surface area contributed by atoms with E-state index in [0.717, 1.165) is 31.2 Å². The van der Waals surface area contributed by atoms with Gasteiger partial charge in [-0.25, -0.2) is 0 Å². The van der Waals surface area contributed by atoms with Crippen molar-refractivity contribution in [2.45, 2.75) is 144 Å². The van der Waals surface area contributed by atoms with Crippen LogP contribution >= 0.6 is 0 Å². The Kier molecular flexibility index (Phi) is 21.0. The number of Topliss-reactive ketones (excluding diaryl/α,β-unsaturated/α-hetero) is 1. The summed E-state index contributed by atoms with van der Waals surface area (Å²) in [6.45, 7) is 17.2. The van der Waals surface area contributed by atoms with Crippen LogP contribution < -0.4 is 5.32 Å². The van der Waals surface area contributed by atoms with Gasteiger partial charge in [0.2, 0.25) is 23.6 Å². The number of likely N-dealkylation sites (tertiary alicyclic amines) is 1. The lowest BCUT2D eigenvalue weighted by molar-refractivity contribution is -0.149. The zero-order valence-corrected chi connectivity index (χ0v) is 39.6. The number of ether oxygens (including phenoxy) is 1. The van der Waals surface area contributed by atoms with Crippen molar-refractivity contribution in [3.05, 3.63) is 48.0 Å². The summed E-state index contributed by atoms with van der Waals surface area (Å²) in [7, 11) is 4.97. The predicted octanol–water partition coefficient (Wildman–Crippen LogP) is 6.09. The standard InChI is InChI=1S/C49H77N5O8/c1-12-34(6)47(41(62-11)31-45(59)53-29-19-22-39(53)35(7)36(8)48(60)50-27-26-37-20-15-13-16-21-37)52(10)49(61)38(32(2)3)30-40(55)46(33(4)5)51(9)42(56)23-17-14-18-28-54-43(57)24-25-44(54)58/h13,15-16,20-21,24-25,32-36,38-39,41,46-47H,12,14,17-19,22-23,26-31H2,1-11H3,(H,50,60)/t34-,35+,36+,38?,39-,41+,46?,47-/m0/s1. The monoisotopic (exact) mass is 864 g/mol. The zero-order valence-electron chi connectivity index (χ0n) is 39.6. The van der Waals surface area contributed by atoms with Gasteiger partial charge in [-0.05, 0) is 61.3 Å². The van der Waals surface area contributed by atoms with Crippen LogP contribution in [0, 0.1) is 35.5 Å². The van der Waals surface area contributed by atoms with E-state index in [1.54, 1.807) is 26.1 Å². The first-order valence-electron chi connectivity index (χ1n) is 23.1. The molecule has 2 unspecified atom stereocenters. The van der Waals surface area contributed by atoms with Crippen molar-refractivity contribution >= 4 is 41.2 Å². The number of rotatable bonds is 26. The molecule has 0 bridgehead atoms. The van der Waals surface area contributed by atoms with Crippen LogP contribution in [-0.4, -0.2) is 126 Å². The van der Waals surface area contributed by atoms with E-state index >= 15 is 0 Å². The van der Waals surface area contributed by atoms with Gasteiger partial charge in [-0.2, -0.15) is 0 Å². The molecule has 13 heteroatoms. The van der Waals surface area contributed by atoms with Crippen LogP contribution in [0.15, 0.2) is 42.5 Å². The first-order valence-corrected chi connectivity index (χ1v) is 23.1. The maximum Gasteiger partial charge on any atom is 0.253 e. The number of benzene rings is 1. The summed E-state index contributed by atoms with van der Waals surface area (Å²) in [6.07, 6.45) is 7.07. The van der Waals surface area contributed by atoms with Crippen LogP contribution in [0.2, 0.25) is 0 Å². The highest BCUT2D eigenvalue weighted by molar-refractivity contribution is 6.12. The lowest BCUT2D eigenvalue weighted by Gasteiger charge is -2.41. The van der Waals surface area contributed by atoms with Crippen molar-refractivity contribution < 1.29 is 38.3 Å². The Balaban J connectivity index is 1.66. The van der Waals surface area contributed by atoms with Crippen LogP contribution in [0.1, 0.15) is 119 Å². The fraction of sp³-hybridized carbons (Fsp3) is 0.694. The van der Waals surface area contributed by atoms with Gasteiger partial charge in [0.05, 0.1) is 24.6 Å². The average Bonchev–Trinajstić information content (AvgIpc) is 3.87. The SMILES string of the molecule is CC[C@H](C)[C@@H]([C@@H](CC(=O)N1CCC[C@H]1[C@H](C)[C@@H](C)C(=O)NCCc1ccccc1)OC)N(C)C(=O)C(CC(=O)C(C(C)C)N(C)C(=O)CCCCCN1C(=O)C=CC1=O)C(C)C. The third kappa shape index (κ3) is 14.1. The molecule has 8 atom stereocenters. The summed E-state index contributed by atoms with van der Waals surface area (Å²) >= 11 is 0. The molecule has 1 fully saturated rings. The number of methoxy groups -OCH3 is 1. The van der Waals surface area contributed by atoms with Gasteiger partial charge in [-0.15, -0.1) is 0 Å². The van der Waals surface area contributed by atoms with Gasteiger partial charge in [-0.1, -0.05) is 98.6 Å². The van der Waals surface area contributed by atoms with Crippen molar-refractivity contribution in [1.29, 1.82) is 0 Å². The van der Waals surface area contributed by atoms with E-state index in [4.69, 9.17) is 4.74 Å². The first-order chi connectivity index (χ1) is 29.4. The number of ketones is 1. The predicted molar refractivity (Wildman–Crippen MR) is 241 cm³/mol. The number of nitrogens with one attached hydrogen (secondary N) is 1. The minimum atomic E-state index is -0.721. The van der Waals surface area contributed by atoms with Gasteiger partial charge in [0.15, 0.2) is 5.78 Å². The van der Waals surface area contributed by atoms with E-state index in [0.29, 0.717) is 38.9 Å². The summed E-state index contributed by atoms with van der Waals surface area (Å²) in [5.74, 6) is -2.70. The van der Waals surface area contributed by atoms with Crippen molar-refractivity contribution in [3.8, 4) is 0 Å². The molecule has 2 aliphatic heterocycles. The van der Waals surface area contributed by atoms with Crippen LogP contribution in [0.3, 0.4) is 0 Å². The van der Waals surface area contributed by atoms with Crippen molar-refractivity contribution in [3.63, 3.8) is 0 Å². The van der Waals surface area contributed by atoms with Crippen LogP contribution in [0.5, 0.6) is 0 Å². The quantitative estimate of drug-likeness (QED) is 0.0869. The molecule has 0 aromatic heterocycles. The number of likely N-dealkylation sites (N-methyl/N-ethyl adjacent to an activating group) is 2. The van der Waals surface area contributed by atoms with Crippen molar-refractivity contribution in [1.82, 2.24) is 24.9 Å². The molecule has 13 nitrogen and oxygen atoms in total. The normalized spacial score (nSPS) is 18.7. The molecule has 0 radical (unpaired) electrons.